The first-order chi connectivity index (χ1) is 20.2. The average molecular weight is 574 g/mol. The van der Waals surface area contributed by atoms with Gasteiger partial charge < -0.3 is 14.5 Å². The maximum Gasteiger partial charge on any atom is 0.323 e. The normalized spacial score (nSPS) is 20.7. The smallest absolute Gasteiger partial charge is 0.323 e. The van der Waals surface area contributed by atoms with Gasteiger partial charge in [-0.25, -0.2) is 9.78 Å². The second-order valence-corrected chi connectivity index (χ2v) is 12.7. The van der Waals surface area contributed by atoms with Gasteiger partial charge in [0.05, 0.1) is 12.8 Å². The minimum atomic E-state index is -0.0543. The van der Waals surface area contributed by atoms with E-state index in [0.717, 1.165) is 62.8 Å². The predicted octanol–water partition coefficient (Wildman–Crippen LogP) is 6.93. The molecule has 3 heterocycles. The zero-order valence-electron chi connectivity index (χ0n) is 24.3. The molecule has 2 amide bonds. The summed E-state index contributed by atoms with van der Waals surface area (Å²) in [4.78, 5) is 24.9. The fraction of sp³-hybridized carbons (Fsp3) is 0.515. The van der Waals surface area contributed by atoms with E-state index in [9.17, 15) is 4.79 Å². The van der Waals surface area contributed by atoms with Crippen molar-refractivity contribution in [2.75, 3.05) is 63.1 Å². The van der Waals surface area contributed by atoms with E-state index in [4.69, 9.17) is 9.72 Å². The van der Waals surface area contributed by atoms with Crippen molar-refractivity contribution in [3.8, 4) is 17.0 Å². The highest BCUT2D eigenvalue weighted by Crippen LogP contribution is 2.38. The van der Waals surface area contributed by atoms with Crippen molar-refractivity contribution >= 4 is 28.2 Å². The fourth-order valence-corrected chi connectivity index (χ4v) is 7.53. The Kier molecular flexibility index (Phi) is 9.06. The average Bonchev–Trinajstić information content (AvgIpc) is 3.50. The monoisotopic (exact) mass is 573 g/mol. The first-order valence-corrected chi connectivity index (χ1v) is 16.3. The molecule has 2 aliphatic heterocycles. The lowest BCUT2D eigenvalue weighted by Crippen LogP contribution is -2.52. The molecule has 7 nitrogen and oxygen atoms in total. The predicted molar refractivity (Wildman–Crippen MR) is 168 cm³/mol. The lowest BCUT2D eigenvalue weighted by atomic mass is 9.83. The van der Waals surface area contributed by atoms with Crippen LogP contribution in [0.15, 0.2) is 53.9 Å². The van der Waals surface area contributed by atoms with Gasteiger partial charge in [0, 0.05) is 62.4 Å². The highest BCUT2D eigenvalue weighted by atomic mass is 32.1. The number of hydrogen-bond donors (Lipinski definition) is 1. The van der Waals surface area contributed by atoms with Gasteiger partial charge in [-0.05, 0) is 67.3 Å². The molecule has 1 saturated carbocycles. The SMILES string of the molecule is COc1ccc(C2CCCCC2)cc1-c1csc(NC(=O)N2CCN(C[C@@H]3CCCN(c4ccccc4)C3)CC2)n1. The van der Waals surface area contributed by atoms with Gasteiger partial charge in [0.1, 0.15) is 5.75 Å². The number of thiazole rings is 1. The Balaban J connectivity index is 1.01. The molecule has 218 valence electrons. The van der Waals surface area contributed by atoms with Crippen molar-refractivity contribution in [3.05, 3.63) is 59.5 Å². The van der Waals surface area contributed by atoms with Crippen LogP contribution in [-0.2, 0) is 0 Å². The summed E-state index contributed by atoms with van der Waals surface area (Å²) in [5.74, 6) is 2.12. The number of aromatic nitrogens is 1. The van der Waals surface area contributed by atoms with Gasteiger partial charge in [0.15, 0.2) is 5.13 Å². The number of carbonyl (C=O) groups is 1. The molecule has 1 aromatic heterocycles. The molecular formula is C33H43N5O2S. The molecule has 2 aromatic carbocycles. The van der Waals surface area contributed by atoms with Crippen LogP contribution in [0.1, 0.15) is 56.4 Å². The molecule has 0 radical (unpaired) electrons. The molecule has 0 unspecified atom stereocenters. The molecule has 3 fully saturated rings. The lowest BCUT2D eigenvalue weighted by molar-refractivity contribution is 0.130. The van der Waals surface area contributed by atoms with E-state index in [1.807, 2.05) is 10.3 Å². The quantitative estimate of drug-likeness (QED) is 0.332. The van der Waals surface area contributed by atoms with Gasteiger partial charge >= 0.3 is 6.03 Å². The molecule has 8 heteroatoms. The third-order valence-corrected chi connectivity index (χ3v) is 9.87. The van der Waals surface area contributed by atoms with Gasteiger partial charge in [0.25, 0.3) is 0 Å². The Morgan fingerprint density at radius 2 is 1.78 bits per heavy atom. The molecule has 6 rings (SSSR count). The molecule has 1 N–H and O–H groups in total. The topological polar surface area (TPSA) is 60.9 Å². The van der Waals surface area contributed by atoms with Crippen LogP contribution in [0.25, 0.3) is 11.3 Å². The van der Waals surface area contributed by atoms with Gasteiger partial charge in [-0.15, -0.1) is 11.3 Å². The van der Waals surface area contributed by atoms with Crippen molar-refractivity contribution in [2.45, 2.75) is 50.9 Å². The number of benzene rings is 2. The summed E-state index contributed by atoms with van der Waals surface area (Å²) in [5, 5.41) is 5.73. The number of methoxy groups -OCH3 is 1. The largest absolute Gasteiger partial charge is 0.496 e. The number of nitrogens with zero attached hydrogens (tertiary/aromatic N) is 4. The summed E-state index contributed by atoms with van der Waals surface area (Å²) in [6, 6.07) is 17.3. The zero-order valence-corrected chi connectivity index (χ0v) is 25.1. The number of nitrogens with one attached hydrogen (secondary N) is 1. The van der Waals surface area contributed by atoms with Crippen LogP contribution in [0.2, 0.25) is 0 Å². The Morgan fingerprint density at radius 1 is 0.976 bits per heavy atom. The van der Waals surface area contributed by atoms with Crippen molar-refractivity contribution in [3.63, 3.8) is 0 Å². The highest BCUT2D eigenvalue weighted by Gasteiger charge is 2.27. The number of piperazine rings is 1. The van der Waals surface area contributed by atoms with E-state index in [1.165, 1.54) is 67.5 Å². The number of piperidine rings is 1. The Labute approximate surface area is 248 Å². The van der Waals surface area contributed by atoms with Gasteiger partial charge in [0.2, 0.25) is 0 Å². The third-order valence-electron chi connectivity index (χ3n) is 9.11. The van der Waals surface area contributed by atoms with Crippen molar-refractivity contribution in [2.24, 2.45) is 5.92 Å². The van der Waals surface area contributed by atoms with Crippen molar-refractivity contribution < 1.29 is 9.53 Å². The highest BCUT2D eigenvalue weighted by molar-refractivity contribution is 7.14. The number of carbonyl (C=O) groups excluding carboxylic acids is 1. The molecular weight excluding hydrogens is 530 g/mol. The number of ether oxygens (including phenoxy) is 1. The number of para-hydroxylation sites is 1. The van der Waals surface area contributed by atoms with Crippen LogP contribution in [0.3, 0.4) is 0 Å². The van der Waals surface area contributed by atoms with E-state index >= 15 is 0 Å². The van der Waals surface area contributed by atoms with Crippen LogP contribution in [-0.4, -0.2) is 73.7 Å². The molecule has 3 aliphatic rings. The van der Waals surface area contributed by atoms with Gasteiger partial charge in [-0.1, -0.05) is 43.5 Å². The molecule has 2 saturated heterocycles. The molecule has 1 aliphatic carbocycles. The Hall–Kier alpha value is -3.10. The van der Waals surface area contributed by atoms with Crippen LogP contribution in [0.5, 0.6) is 5.75 Å². The first-order valence-electron chi connectivity index (χ1n) is 15.4. The van der Waals surface area contributed by atoms with Crippen LogP contribution < -0.4 is 15.0 Å². The second kappa shape index (κ2) is 13.3. The van der Waals surface area contributed by atoms with Crippen LogP contribution >= 0.6 is 11.3 Å². The molecule has 1 atom stereocenters. The molecule has 41 heavy (non-hydrogen) atoms. The summed E-state index contributed by atoms with van der Waals surface area (Å²) in [6.07, 6.45) is 8.99. The summed E-state index contributed by atoms with van der Waals surface area (Å²) in [7, 11) is 1.71. The summed E-state index contributed by atoms with van der Waals surface area (Å²) in [6.45, 7) is 6.70. The fourth-order valence-electron chi connectivity index (χ4n) is 6.83. The Bertz CT molecular complexity index is 1280. The van der Waals surface area contributed by atoms with Gasteiger partial charge in [-0.3, -0.25) is 10.2 Å². The maximum atomic E-state index is 13.1. The van der Waals surface area contributed by atoms with E-state index in [2.05, 4.69) is 63.6 Å². The first kappa shape index (κ1) is 28.0. The second-order valence-electron chi connectivity index (χ2n) is 11.8. The summed E-state index contributed by atoms with van der Waals surface area (Å²) in [5.41, 5.74) is 4.58. The number of rotatable bonds is 7. The molecule has 0 bridgehead atoms. The Morgan fingerprint density at radius 3 is 2.56 bits per heavy atom. The van der Waals surface area contributed by atoms with E-state index in [0.29, 0.717) is 17.0 Å². The lowest BCUT2D eigenvalue weighted by Gasteiger charge is -2.40. The molecule has 0 spiro atoms. The van der Waals surface area contributed by atoms with Crippen LogP contribution in [0.4, 0.5) is 15.6 Å². The minimum Gasteiger partial charge on any atom is -0.496 e. The number of amides is 2. The van der Waals surface area contributed by atoms with E-state index in [-0.39, 0.29) is 6.03 Å². The van der Waals surface area contributed by atoms with Crippen molar-refractivity contribution in [1.82, 2.24) is 14.8 Å². The zero-order chi connectivity index (χ0) is 28.0. The van der Waals surface area contributed by atoms with E-state index in [1.54, 1.807) is 7.11 Å². The molecule has 3 aromatic rings. The standard InChI is InChI=1S/C33H43N5O2S/c1-40-31-15-14-27(26-10-4-2-5-11-26)21-29(31)30-24-41-32(34-30)35-33(39)37-19-17-36(18-20-37)22-25-9-8-16-38(23-25)28-12-6-3-7-13-28/h3,6-7,12-15,21,24-26H,2,4-5,8-11,16-20,22-23H2,1H3,(H,34,35,39)/t25-/m0/s1. The number of hydrogen-bond acceptors (Lipinski definition) is 6. The maximum absolute atomic E-state index is 13.1. The number of anilines is 2. The number of urea groups is 1. The van der Waals surface area contributed by atoms with Crippen LogP contribution in [0, 0.1) is 5.92 Å². The van der Waals surface area contributed by atoms with Gasteiger partial charge in [-0.2, -0.15) is 0 Å². The third kappa shape index (κ3) is 6.87. The summed E-state index contributed by atoms with van der Waals surface area (Å²) >= 11 is 1.48. The van der Waals surface area contributed by atoms with Crippen molar-refractivity contribution in [1.29, 1.82) is 0 Å². The van der Waals surface area contributed by atoms with E-state index < -0.39 is 0 Å². The summed E-state index contributed by atoms with van der Waals surface area (Å²) < 4.78 is 5.68. The minimum absolute atomic E-state index is 0.0543.